The van der Waals surface area contributed by atoms with Gasteiger partial charge in [0.15, 0.2) is 5.58 Å². The maximum Gasteiger partial charge on any atom is 0.214 e. The minimum Gasteiger partial charge on any atom is -0.439 e. The molecular weight excluding hydrogens is 283 g/mol. The zero-order valence-corrected chi connectivity index (χ0v) is 11.4. The summed E-state index contributed by atoms with van der Waals surface area (Å²) in [6, 6.07) is 12.9. The Hall–Kier alpha value is -1.71. The van der Waals surface area contributed by atoms with Crippen LogP contribution in [0, 0.1) is 0 Å². The minimum atomic E-state index is 0.493. The van der Waals surface area contributed by atoms with Crippen molar-refractivity contribution in [2.45, 2.75) is 6.54 Å². The zero-order valence-electron chi connectivity index (χ0n) is 9.86. The third-order valence-corrected chi connectivity index (χ3v) is 3.13. The molecule has 0 atom stereocenters. The van der Waals surface area contributed by atoms with E-state index in [0.717, 1.165) is 16.8 Å². The standard InChI is InChI=1S/C14H10Cl2N2O/c15-9-2-1-3-11(6-9)17-8-14-18-12-7-10(16)4-5-13(12)19-14/h1-7,17H,8H2. The third-order valence-electron chi connectivity index (χ3n) is 2.66. The number of fused-ring (bicyclic) bond motifs is 1. The van der Waals surface area contributed by atoms with Crippen LogP contribution in [-0.4, -0.2) is 4.98 Å². The normalized spacial score (nSPS) is 10.8. The highest BCUT2D eigenvalue weighted by molar-refractivity contribution is 6.31. The van der Waals surface area contributed by atoms with Crippen LogP contribution >= 0.6 is 23.2 Å². The Balaban J connectivity index is 1.78. The number of anilines is 1. The summed E-state index contributed by atoms with van der Waals surface area (Å²) >= 11 is 11.8. The Morgan fingerprint density at radius 1 is 1.05 bits per heavy atom. The van der Waals surface area contributed by atoms with E-state index in [-0.39, 0.29) is 0 Å². The summed E-state index contributed by atoms with van der Waals surface area (Å²) in [5.41, 5.74) is 2.41. The smallest absolute Gasteiger partial charge is 0.214 e. The van der Waals surface area contributed by atoms with E-state index in [9.17, 15) is 0 Å². The molecule has 0 spiro atoms. The van der Waals surface area contributed by atoms with Gasteiger partial charge in [0.2, 0.25) is 5.89 Å². The van der Waals surface area contributed by atoms with Crippen LogP contribution < -0.4 is 5.32 Å². The summed E-state index contributed by atoms with van der Waals surface area (Å²) in [6.07, 6.45) is 0. The topological polar surface area (TPSA) is 38.1 Å². The van der Waals surface area contributed by atoms with Crippen molar-refractivity contribution in [2.75, 3.05) is 5.32 Å². The molecule has 19 heavy (non-hydrogen) atoms. The van der Waals surface area contributed by atoms with Crippen LogP contribution in [0.15, 0.2) is 46.9 Å². The second-order valence-corrected chi connectivity index (χ2v) is 4.96. The molecular formula is C14H10Cl2N2O. The quantitative estimate of drug-likeness (QED) is 0.757. The molecule has 1 aromatic heterocycles. The largest absolute Gasteiger partial charge is 0.439 e. The van der Waals surface area contributed by atoms with Crippen molar-refractivity contribution in [3.05, 3.63) is 58.4 Å². The molecule has 0 aliphatic rings. The van der Waals surface area contributed by atoms with Crippen molar-refractivity contribution in [1.82, 2.24) is 4.98 Å². The average molecular weight is 293 g/mol. The number of halogens is 2. The van der Waals surface area contributed by atoms with Gasteiger partial charge in [-0.2, -0.15) is 0 Å². The molecule has 0 saturated carbocycles. The number of nitrogens with one attached hydrogen (secondary N) is 1. The summed E-state index contributed by atoms with van der Waals surface area (Å²) in [5, 5.41) is 4.54. The molecule has 0 unspecified atom stereocenters. The molecule has 96 valence electrons. The van der Waals surface area contributed by atoms with Gasteiger partial charge in [0.25, 0.3) is 0 Å². The van der Waals surface area contributed by atoms with E-state index in [4.69, 9.17) is 27.6 Å². The van der Waals surface area contributed by atoms with Crippen LogP contribution in [0.25, 0.3) is 11.1 Å². The van der Waals surface area contributed by atoms with E-state index in [1.54, 1.807) is 12.1 Å². The van der Waals surface area contributed by atoms with Crippen LogP contribution in [0.2, 0.25) is 10.0 Å². The second kappa shape index (κ2) is 5.11. The van der Waals surface area contributed by atoms with E-state index >= 15 is 0 Å². The van der Waals surface area contributed by atoms with Crippen LogP contribution in [0.3, 0.4) is 0 Å². The lowest BCUT2D eigenvalue weighted by Gasteiger charge is -2.03. The van der Waals surface area contributed by atoms with E-state index in [2.05, 4.69) is 10.3 Å². The fourth-order valence-corrected chi connectivity index (χ4v) is 2.16. The van der Waals surface area contributed by atoms with Crippen molar-refractivity contribution in [1.29, 1.82) is 0 Å². The number of oxazole rings is 1. The number of hydrogen-bond acceptors (Lipinski definition) is 3. The Bertz CT molecular complexity index is 724. The highest BCUT2D eigenvalue weighted by Gasteiger charge is 2.06. The van der Waals surface area contributed by atoms with Gasteiger partial charge in [-0.05, 0) is 36.4 Å². The lowest BCUT2D eigenvalue weighted by Crippen LogP contribution is -1.99. The maximum absolute atomic E-state index is 5.91. The fourth-order valence-electron chi connectivity index (χ4n) is 1.80. The molecule has 5 heteroatoms. The van der Waals surface area contributed by atoms with Gasteiger partial charge < -0.3 is 9.73 Å². The Morgan fingerprint density at radius 2 is 1.89 bits per heavy atom. The third kappa shape index (κ3) is 2.83. The number of rotatable bonds is 3. The van der Waals surface area contributed by atoms with E-state index in [1.807, 2.05) is 30.3 Å². The Labute approximate surface area is 120 Å². The van der Waals surface area contributed by atoms with Gasteiger partial charge in [-0.1, -0.05) is 29.3 Å². The number of hydrogen-bond donors (Lipinski definition) is 1. The van der Waals surface area contributed by atoms with Crippen LogP contribution in [0.5, 0.6) is 0 Å². The van der Waals surface area contributed by atoms with Gasteiger partial charge in [-0.25, -0.2) is 4.98 Å². The van der Waals surface area contributed by atoms with Gasteiger partial charge in [0.1, 0.15) is 5.52 Å². The highest BCUT2D eigenvalue weighted by Crippen LogP contribution is 2.21. The summed E-state index contributed by atoms with van der Waals surface area (Å²) in [7, 11) is 0. The predicted octanol–water partition coefficient (Wildman–Crippen LogP) is 4.75. The van der Waals surface area contributed by atoms with Gasteiger partial charge in [-0.3, -0.25) is 0 Å². The van der Waals surface area contributed by atoms with Crippen molar-refractivity contribution in [3.8, 4) is 0 Å². The van der Waals surface area contributed by atoms with E-state index in [0.29, 0.717) is 22.5 Å². The molecule has 0 amide bonds. The monoisotopic (exact) mass is 292 g/mol. The van der Waals surface area contributed by atoms with Crippen molar-refractivity contribution in [3.63, 3.8) is 0 Å². The summed E-state index contributed by atoms with van der Waals surface area (Å²) < 4.78 is 5.61. The lowest BCUT2D eigenvalue weighted by atomic mass is 10.3. The summed E-state index contributed by atoms with van der Waals surface area (Å²) in [6.45, 7) is 0.493. The minimum absolute atomic E-state index is 0.493. The molecule has 1 heterocycles. The molecule has 0 bridgehead atoms. The zero-order chi connectivity index (χ0) is 13.2. The van der Waals surface area contributed by atoms with Crippen molar-refractivity contribution >= 4 is 40.0 Å². The van der Waals surface area contributed by atoms with E-state index < -0.39 is 0 Å². The number of benzene rings is 2. The molecule has 3 rings (SSSR count). The average Bonchev–Trinajstić information content (AvgIpc) is 2.78. The molecule has 0 fully saturated rings. The van der Waals surface area contributed by atoms with Gasteiger partial charge in [-0.15, -0.1) is 0 Å². The lowest BCUT2D eigenvalue weighted by molar-refractivity contribution is 0.540. The SMILES string of the molecule is Clc1cccc(NCc2nc3cc(Cl)ccc3o2)c1. The van der Waals surface area contributed by atoms with E-state index in [1.165, 1.54) is 0 Å². The maximum atomic E-state index is 5.91. The second-order valence-electron chi connectivity index (χ2n) is 4.08. The molecule has 3 aromatic rings. The molecule has 0 saturated heterocycles. The van der Waals surface area contributed by atoms with Crippen molar-refractivity contribution in [2.24, 2.45) is 0 Å². The first kappa shape index (κ1) is 12.3. The fraction of sp³-hybridized carbons (Fsp3) is 0.0714. The molecule has 3 nitrogen and oxygen atoms in total. The molecule has 2 aromatic carbocycles. The first-order valence-corrected chi connectivity index (χ1v) is 6.51. The van der Waals surface area contributed by atoms with Gasteiger partial charge >= 0.3 is 0 Å². The molecule has 0 aliphatic heterocycles. The van der Waals surface area contributed by atoms with Gasteiger partial charge in [0, 0.05) is 15.7 Å². The van der Waals surface area contributed by atoms with Crippen LogP contribution in [0.4, 0.5) is 5.69 Å². The first-order chi connectivity index (χ1) is 9.20. The Kier molecular flexibility index (Phi) is 3.32. The highest BCUT2D eigenvalue weighted by atomic mass is 35.5. The number of nitrogens with zero attached hydrogens (tertiary/aromatic N) is 1. The first-order valence-electron chi connectivity index (χ1n) is 5.75. The molecule has 1 N–H and O–H groups in total. The molecule has 0 radical (unpaired) electrons. The molecule has 0 aliphatic carbocycles. The van der Waals surface area contributed by atoms with Gasteiger partial charge in [0.05, 0.1) is 6.54 Å². The summed E-state index contributed by atoms with van der Waals surface area (Å²) in [4.78, 5) is 4.36. The number of aromatic nitrogens is 1. The summed E-state index contributed by atoms with van der Waals surface area (Å²) in [5.74, 6) is 0.609. The van der Waals surface area contributed by atoms with Crippen LogP contribution in [-0.2, 0) is 6.54 Å². The predicted molar refractivity (Wildman–Crippen MR) is 77.8 cm³/mol. The Morgan fingerprint density at radius 3 is 2.74 bits per heavy atom. The van der Waals surface area contributed by atoms with Crippen molar-refractivity contribution < 1.29 is 4.42 Å². The van der Waals surface area contributed by atoms with Crippen LogP contribution in [0.1, 0.15) is 5.89 Å².